The molecule has 0 saturated heterocycles. The summed E-state index contributed by atoms with van der Waals surface area (Å²) in [6.07, 6.45) is -0.268. The lowest BCUT2D eigenvalue weighted by Gasteiger charge is -2.18. The number of ether oxygens (including phenoxy) is 1. The van der Waals surface area contributed by atoms with E-state index in [0.717, 1.165) is 0 Å². The van der Waals surface area contributed by atoms with Crippen LogP contribution in [0.1, 0.15) is 27.7 Å². The van der Waals surface area contributed by atoms with Gasteiger partial charge in [0, 0.05) is 5.57 Å². The maximum absolute atomic E-state index is 11.4. The molecule has 0 aliphatic carbocycles. The molecule has 0 aromatic heterocycles. The summed E-state index contributed by atoms with van der Waals surface area (Å²) in [5, 5.41) is 8.93. The third-order valence-electron chi connectivity index (χ3n) is 1.91. The molecule has 0 saturated carbocycles. The second-order valence-electron chi connectivity index (χ2n) is 4.04. The minimum atomic E-state index is -1.05. The molecule has 1 atom stereocenters. The van der Waals surface area contributed by atoms with Gasteiger partial charge in [0.25, 0.3) is 0 Å². The Morgan fingerprint density at radius 2 is 1.67 bits per heavy atom. The summed E-state index contributed by atoms with van der Waals surface area (Å²) >= 11 is 0. The molecule has 0 aromatic carbocycles. The van der Waals surface area contributed by atoms with Gasteiger partial charge in [0.05, 0.1) is 12.0 Å². The van der Waals surface area contributed by atoms with Gasteiger partial charge in [-0.25, -0.2) is 4.79 Å². The lowest BCUT2D eigenvalue weighted by molar-refractivity contribution is -0.149. The summed E-state index contributed by atoms with van der Waals surface area (Å²) in [6.45, 7) is 10.4. The van der Waals surface area contributed by atoms with E-state index in [1.807, 2.05) is 0 Å². The van der Waals surface area contributed by atoms with Gasteiger partial charge in [-0.2, -0.15) is 0 Å². The molecule has 0 radical (unpaired) electrons. The van der Waals surface area contributed by atoms with Crippen molar-refractivity contribution in [3.63, 3.8) is 0 Å². The average molecular weight is 214 g/mol. The molecule has 0 aromatic rings. The molecule has 0 spiro atoms. The largest absolute Gasteiger partial charge is 0.481 e. The third-order valence-corrected chi connectivity index (χ3v) is 1.91. The van der Waals surface area contributed by atoms with Gasteiger partial charge in [0.2, 0.25) is 0 Å². The molecule has 0 aliphatic heterocycles. The second-order valence-corrected chi connectivity index (χ2v) is 4.04. The van der Waals surface area contributed by atoms with E-state index >= 15 is 0 Å². The smallest absolute Gasteiger partial charge is 0.334 e. The van der Waals surface area contributed by atoms with E-state index < -0.39 is 17.9 Å². The van der Waals surface area contributed by atoms with Crippen molar-refractivity contribution in [1.82, 2.24) is 0 Å². The summed E-state index contributed by atoms with van der Waals surface area (Å²) < 4.78 is 4.89. The Labute approximate surface area is 89.9 Å². The number of rotatable bonds is 5. The van der Waals surface area contributed by atoms with Crippen molar-refractivity contribution < 1.29 is 19.4 Å². The fraction of sp³-hybridized carbons (Fsp3) is 0.636. The fourth-order valence-corrected chi connectivity index (χ4v) is 1.25. The number of esters is 1. The van der Waals surface area contributed by atoms with Gasteiger partial charge in [-0.15, -0.1) is 0 Å². The van der Waals surface area contributed by atoms with Gasteiger partial charge in [-0.3, -0.25) is 4.79 Å². The summed E-state index contributed by atoms with van der Waals surface area (Å²) in [5.74, 6) is -2.74. The Balaban J connectivity index is 4.65. The maximum atomic E-state index is 11.4. The van der Waals surface area contributed by atoms with Gasteiger partial charge in [0.1, 0.15) is 0 Å². The number of aliphatic carboxylic acids is 1. The van der Waals surface area contributed by atoms with Crippen LogP contribution >= 0.6 is 0 Å². The summed E-state index contributed by atoms with van der Waals surface area (Å²) in [7, 11) is 0. The van der Waals surface area contributed by atoms with Gasteiger partial charge in [-0.05, 0) is 19.8 Å². The van der Waals surface area contributed by atoms with E-state index in [2.05, 4.69) is 6.58 Å². The van der Waals surface area contributed by atoms with Gasteiger partial charge >= 0.3 is 11.9 Å². The Bertz CT molecular complexity index is 266. The number of carboxylic acid groups (broad SMARTS) is 1. The number of hydrogen-bond acceptors (Lipinski definition) is 3. The van der Waals surface area contributed by atoms with E-state index in [0.29, 0.717) is 0 Å². The minimum Gasteiger partial charge on any atom is -0.481 e. The standard InChI is InChI=1S/C11H18O4/c1-6(2)9(10(12)13)8(5)11(14)15-7(3)4/h6-7,9H,5H2,1-4H3,(H,12,13). The summed E-state index contributed by atoms with van der Waals surface area (Å²) in [6, 6.07) is 0. The molecule has 1 N–H and O–H groups in total. The highest BCUT2D eigenvalue weighted by Crippen LogP contribution is 2.21. The quantitative estimate of drug-likeness (QED) is 0.560. The number of carboxylic acids is 1. The van der Waals surface area contributed by atoms with Gasteiger partial charge in [0.15, 0.2) is 0 Å². The first-order valence-corrected chi connectivity index (χ1v) is 4.90. The van der Waals surface area contributed by atoms with Gasteiger partial charge in [-0.1, -0.05) is 20.4 Å². The molecule has 0 bridgehead atoms. The normalized spacial score (nSPS) is 12.7. The first-order chi connectivity index (χ1) is 6.77. The van der Waals surface area contributed by atoms with Crippen molar-refractivity contribution in [2.75, 3.05) is 0 Å². The van der Waals surface area contributed by atoms with E-state index in [1.165, 1.54) is 0 Å². The van der Waals surface area contributed by atoms with Crippen molar-refractivity contribution in [2.24, 2.45) is 11.8 Å². The Morgan fingerprint density at radius 1 is 1.20 bits per heavy atom. The van der Waals surface area contributed by atoms with Crippen LogP contribution in [0.4, 0.5) is 0 Å². The van der Waals surface area contributed by atoms with Crippen molar-refractivity contribution in [3.8, 4) is 0 Å². The fourth-order valence-electron chi connectivity index (χ4n) is 1.25. The lowest BCUT2D eigenvalue weighted by Crippen LogP contribution is -2.27. The molecular formula is C11H18O4. The van der Waals surface area contributed by atoms with Crippen LogP contribution in [-0.2, 0) is 14.3 Å². The predicted molar refractivity (Wildman–Crippen MR) is 56.3 cm³/mol. The molecule has 0 rings (SSSR count). The van der Waals surface area contributed by atoms with Crippen molar-refractivity contribution in [3.05, 3.63) is 12.2 Å². The van der Waals surface area contributed by atoms with E-state index in [1.54, 1.807) is 27.7 Å². The van der Waals surface area contributed by atoms with Crippen molar-refractivity contribution in [1.29, 1.82) is 0 Å². The number of hydrogen-bond donors (Lipinski definition) is 1. The molecule has 0 aliphatic rings. The van der Waals surface area contributed by atoms with Crippen LogP contribution in [-0.4, -0.2) is 23.1 Å². The first kappa shape index (κ1) is 13.7. The number of carbonyl (C=O) groups is 2. The molecule has 4 heteroatoms. The number of carbonyl (C=O) groups excluding carboxylic acids is 1. The average Bonchev–Trinajstić information content (AvgIpc) is 2.00. The van der Waals surface area contributed by atoms with E-state index in [-0.39, 0.29) is 17.6 Å². The molecule has 0 heterocycles. The molecular weight excluding hydrogens is 196 g/mol. The van der Waals surface area contributed by atoms with Crippen molar-refractivity contribution in [2.45, 2.75) is 33.8 Å². The lowest BCUT2D eigenvalue weighted by atomic mass is 9.89. The zero-order valence-electron chi connectivity index (χ0n) is 9.61. The van der Waals surface area contributed by atoms with Crippen LogP contribution in [0.3, 0.4) is 0 Å². The highest BCUT2D eigenvalue weighted by atomic mass is 16.5. The Kier molecular flexibility index (Phi) is 5.05. The third kappa shape index (κ3) is 4.14. The zero-order chi connectivity index (χ0) is 12.2. The predicted octanol–water partition coefficient (Wildman–Crippen LogP) is 1.85. The van der Waals surface area contributed by atoms with Crippen LogP contribution in [0, 0.1) is 11.8 Å². The Morgan fingerprint density at radius 3 is 1.93 bits per heavy atom. The molecule has 15 heavy (non-hydrogen) atoms. The van der Waals surface area contributed by atoms with Crippen LogP contribution in [0.2, 0.25) is 0 Å². The first-order valence-electron chi connectivity index (χ1n) is 4.90. The monoisotopic (exact) mass is 214 g/mol. The highest BCUT2D eigenvalue weighted by molar-refractivity contribution is 5.94. The topological polar surface area (TPSA) is 63.6 Å². The molecule has 0 fully saturated rings. The highest BCUT2D eigenvalue weighted by Gasteiger charge is 2.29. The maximum Gasteiger partial charge on any atom is 0.334 e. The van der Waals surface area contributed by atoms with Crippen LogP contribution in [0.15, 0.2) is 12.2 Å². The van der Waals surface area contributed by atoms with Crippen LogP contribution in [0.5, 0.6) is 0 Å². The van der Waals surface area contributed by atoms with Crippen LogP contribution < -0.4 is 0 Å². The molecule has 4 nitrogen and oxygen atoms in total. The molecule has 1 unspecified atom stereocenters. The molecule has 86 valence electrons. The van der Waals surface area contributed by atoms with E-state index in [4.69, 9.17) is 9.84 Å². The zero-order valence-corrected chi connectivity index (χ0v) is 9.61. The Hall–Kier alpha value is -1.32. The SMILES string of the molecule is C=C(C(=O)OC(C)C)C(C(=O)O)C(C)C. The van der Waals surface area contributed by atoms with E-state index in [9.17, 15) is 9.59 Å². The minimum absolute atomic E-state index is 0.00574. The summed E-state index contributed by atoms with van der Waals surface area (Å²) in [4.78, 5) is 22.3. The summed E-state index contributed by atoms with van der Waals surface area (Å²) in [5.41, 5.74) is 0.00574. The van der Waals surface area contributed by atoms with Gasteiger partial charge < -0.3 is 9.84 Å². The second kappa shape index (κ2) is 5.53. The molecule has 0 amide bonds. The van der Waals surface area contributed by atoms with Crippen LogP contribution in [0.25, 0.3) is 0 Å². The van der Waals surface area contributed by atoms with Crippen molar-refractivity contribution >= 4 is 11.9 Å².